The first-order valence-electron chi connectivity index (χ1n) is 5.68. The van der Waals surface area contributed by atoms with Crippen molar-refractivity contribution in [1.29, 1.82) is 0 Å². The number of carbonyl (C=O) groups is 1. The molecule has 0 aliphatic heterocycles. The molecule has 0 N–H and O–H groups in total. The van der Waals surface area contributed by atoms with Crippen LogP contribution in [0.3, 0.4) is 0 Å². The van der Waals surface area contributed by atoms with Gasteiger partial charge in [0, 0.05) is 17.8 Å². The van der Waals surface area contributed by atoms with Crippen LogP contribution in [0.4, 0.5) is 0 Å². The van der Waals surface area contributed by atoms with Gasteiger partial charge in [0.05, 0.1) is 12.7 Å². The molecule has 0 aliphatic rings. The van der Waals surface area contributed by atoms with Crippen LogP contribution in [0.15, 0.2) is 47.0 Å². The molecule has 0 spiro atoms. The molecule has 5 heteroatoms. The number of methoxy groups -OCH3 is 1. The Kier molecular flexibility index (Phi) is 2.72. The maximum atomic E-state index is 11.4. The molecule has 0 fully saturated rings. The van der Waals surface area contributed by atoms with E-state index in [1.807, 2.05) is 30.3 Å². The fraction of sp³-hybridized carbons (Fsp3) is 0.0714. The van der Waals surface area contributed by atoms with Gasteiger partial charge < -0.3 is 9.15 Å². The summed E-state index contributed by atoms with van der Waals surface area (Å²) in [6.07, 6.45) is 1.42. The molecule has 0 unspecified atom stereocenters. The van der Waals surface area contributed by atoms with Crippen LogP contribution in [0.2, 0.25) is 0 Å². The molecular weight excluding hydrogens is 244 g/mol. The van der Waals surface area contributed by atoms with Crippen molar-refractivity contribution in [2.24, 2.45) is 0 Å². The molecule has 0 saturated carbocycles. The van der Waals surface area contributed by atoms with E-state index in [0.717, 1.165) is 5.56 Å². The fourth-order valence-electron chi connectivity index (χ4n) is 1.75. The highest BCUT2D eigenvalue weighted by atomic mass is 16.5. The number of ether oxygens (including phenoxy) is 1. The lowest BCUT2D eigenvalue weighted by Gasteiger charge is -1.96. The lowest BCUT2D eigenvalue weighted by molar-refractivity contribution is 0.0600. The van der Waals surface area contributed by atoms with E-state index in [2.05, 4.69) is 14.7 Å². The SMILES string of the molecule is COC(=O)c1cnc2nc(-c3ccccc3)oc2c1. The van der Waals surface area contributed by atoms with Crippen molar-refractivity contribution in [3.05, 3.63) is 48.2 Å². The summed E-state index contributed by atoms with van der Waals surface area (Å²) in [5.74, 6) is 0.0252. The van der Waals surface area contributed by atoms with E-state index in [4.69, 9.17) is 4.42 Å². The molecule has 0 bridgehead atoms. The Morgan fingerprint density at radius 1 is 1.26 bits per heavy atom. The molecule has 0 amide bonds. The van der Waals surface area contributed by atoms with Gasteiger partial charge in [-0.15, -0.1) is 0 Å². The van der Waals surface area contributed by atoms with Crippen molar-refractivity contribution in [3.63, 3.8) is 0 Å². The van der Waals surface area contributed by atoms with Crippen LogP contribution in [0, 0.1) is 0 Å². The first kappa shape index (κ1) is 11.4. The highest BCUT2D eigenvalue weighted by Gasteiger charge is 2.12. The van der Waals surface area contributed by atoms with Gasteiger partial charge in [0.25, 0.3) is 0 Å². The second kappa shape index (κ2) is 4.53. The van der Waals surface area contributed by atoms with Crippen molar-refractivity contribution in [3.8, 4) is 11.5 Å². The molecule has 19 heavy (non-hydrogen) atoms. The number of hydrogen-bond acceptors (Lipinski definition) is 5. The second-order valence-corrected chi connectivity index (χ2v) is 3.92. The molecule has 0 saturated heterocycles. The summed E-state index contributed by atoms with van der Waals surface area (Å²) < 4.78 is 10.2. The van der Waals surface area contributed by atoms with E-state index in [9.17, 15) is 4.79 Å². The summed E-state index contributed by atoms with van der Waals surface area (Å²) >= 11 is 0. The Morgan fingerprint density at radius 2 is 2.05 bits per heavy atom. The van der Waals surface area contributed by atoms with Gasteiger partial charge in [0.2, 0.25) is 5.89 Å². The number of nitrogens with zero attached hydrogens (tertiary/aromatic N) is 2. The van der Waals surface area contributed by atoms with Crippen LogP contribution < -0.4 is 0 Å². The normalized spacial score (nSPS) is 10.6. The van der Waals surface area contributed by atoms with E-state index in [1.54, 1.807) is 6.07 Å². The number of benzene rings is 1. The van der Waals surface area contributed by atoms with Crippen LogP contribution in [0.1, 0.15) is 10.4 Å². The highest BCUT2D eigenvalue weighted by molar-refractivity contribution is 5.92. The van der Waals surface area contributed by atoms with Crippen molar-refractivity contribution in [2.75, 3.05) is 7.11 Å². The lowest BCUT2D eigenvalue weighted by Crippen LogP contribution is -2.01. The van der Waals surface area contributed by atoms with Gasteiger partial charge >= 0.3 is 5.97 Å². The number of rotatable bonds is 2. The van der Waals surface area contributed by atoms with Crippen molar-refractivity contribution in [2.45, 2.75) is 0 Å². The third kappa shape index (κ3) is 2.06. The van der Waals surface area contributed by atoms with Crippen LogP contribution in [0.5, 0.6) is 0 Å². The first-order valence-corrected chi connectivity index (χ1v) is 5.68. The monoisotopic (exact) mass is 254 g/mol. The van der Waals surface area contributed by atoms with Crippen LogP contribution in [-0.4, -0.2) is 23.0 Å². The maximum absolute atomic E-state index is 11.4. The Morgan fingerprint density at radius 3 is 2.79 bits per heavy atom. The summed E-state index contributed by atoms with van der Waals surface area (Å²) in [6, 6.07) is 11.1. The average Bonchev–Trinajstić information content (AvgIpc) is 2.90. The van der Waals surface area contributed by atoms with Gasteiger partial charge in [-0.2, -0.15) is 4.98 Å². The summed E-state index contributed by atoms with van der Waals surface area (Å²) in [5, 5.41) is 0. The molecule has 2 aromatic heterocycles. The molecule has 94 valence electrons. The van der Waals surface area contributed by atoms with Crippen molar-refractivity contribution >= 4 is 17.2 Å². The minimum Gasteiger partial charge on any atom is -0.465 e. The molecule has 1 aromatic carbocycles. The van der Waals surface area contributed by atoms with E-state index < -0.39 is 5.97 Å². The highest BCUT2D eigenvalue weighted by Crippen LogP contribution is 2.23. The number of fused-ring (bicyclic) bond motifs is 1. The summed E-state index contributed by atoms with van der Waals surface area (Å²) in [7, 11) is 1.32. The Bertz CT molecular complexity index is 735. The van der Waals surface area contributed by atoms with Crippen LogP contribution >= 0.6 is 0 Å². The summed E-state index contributed by atoms with van der Waals surface area (Å²) in [6.45, 7) is 0. The molecular formula is C14H10N2O3. The average molecular weight is 254 g/mol. The number of hydrogen-bond donors (Lipinski definition) is 0. The molecule has 2 heterocycles. The zero-order valence-electron chi connectivity index (χ0n) is 10.2. The van der Waals surface area contributed by atoms with E-state index in [1.165, 1.54) is 13.3 Å². The Hall–Kier alpha value is -2.69. The minimum absolute atomic E-state index is 0.339. The number of aromatic nitrogens is 2. The predicted octanol–water partition coefficient (Wildman–Crippen LogP) is 2.68. The molecule has 0 aliphatic carbocycles. The molecule has 3 rings (SSSR count). The first-order chi connectivity index (χ1) is 9.28. The fourth-order valence-corrected chi connectivity index (χ4v) is 1.75. The van der Waals surface area contributed by atoms with Crippen LogP contribution in [-0.2, 0) is 4.74 Å². The summed E-state index contributed by atoms with van der Waals surface area (Å²) in [5.41, 5.74) is 2.12. The van der Waals surface area contributed by atoms with E-state index in [-0.39, 0.29) is 0 Å². The Balaban J connectivity index is 2.09. The number of esters is 1. The van der Waals surface area contributed by atoms with Gasteiger partial charge in [-0.05, 0) is 12.1 Å². The summed E-state index contributed by atoms with van der Waals surface area (Å²) in [4.78, 5) is 19.8. The van der Waals surface area contributed by atoms with Gasteiger partial charge in [-0.3, -0.25) is 0 Å². The van der Waals surface area contributed by atoms with Gasteiger partial charge in [0.1, 0.15) is 0 Å². The van der Waals surface area contributed by atoms with E-state index >= 15 is 0 Å². The molecule has 3 aromatic rings. The van der Waals surface area contributed by atoms with Crippen LogP contribution in [0.25, 0.3) is 22.7 Å². The van der Waals surface area contributed by atoms with Gasteiger partial charge in [-0.25, -0.2) is 9.78 Å². The largest absolute Gasteiger partial charge is 0.465 e. The van der Waals surface area contributed by atoms with Gasteiger partial charge in [0.15, 0.2) is 11.2 Å². The van der Waals surface area contributed by atoms with Gasteiger partial charge in [-0.1, -0.05) is 18.2 Å². The smallest absolute Gasteiger partial charge is 0.339 e. The third-order valence-electron chi connectivity index (χ3n) is 2.69. The lowest BCUT2D eigenvalue weighted by atomic mass is 10.2. The van der Waals surface area contributed by atoms with Crippen molar-refractivity contribution in [1.82, 2.24) is 9.97 Å². The number of pyridine rings is 1. The number of carbonyl (C=O) groups excluding carboxylic acids is 1. The second-order valence-electron chi connectivity index (χ2n) is 3.92. The molecule has 0 radical (unpaired) electrons. The Labute approximate surface area is 108 Å². The molecule has 0 atom stereocenters. The standard InChI is InChI=1S/C14H10N2O3/c1-18-14(17)10-7-11-12(15-8-10)16-13(19-11)9-5-3-2-4-6-9/h2-8H,1H3. The van der Waals surface area contributed by atoms with Crippen molar-refractivity contribution < 1.29 is 13.9 Å². The maximum Gasteiger partial charge on any atom is 0.339 e. The quantitative estimate of drug-likeness (QED) is 0.658. The predicted molar refractivity (Wildman–Crippen MR) is 68.6 cm³/mol. The van der Waals surface area contributed by atoms with E-state index in [0.29, 0.717) is 22.7 Å². The zero-order valence-corrected chi connectivity index (χ0v) is 10.2. The molecule has 5 nitrogen and oxygen atoms in total. The topological polar surface area (TPSA) is 65.2 Å². The third-order valence-corrected chi connectivity index (χ3v) is 2.69. The number of oxazole rings is 1. The zero-order chi connectivity index (χ0) is 13.2. The minimum atomic E-state index is -0.452.